The molecule has 92 valence electrons. The van der Waals surface area contributed by atoms with Gasteiger partial charge in [0.25, 0.3) is 5.91 Å². The molecule has 5 heteroatoms. The van der Waals surface area contributed by atoms with Crippen LogP contribution in [-0.4, -0.2) is 10.9 Å². The molecule has 0 spiro atoms. The Labute approximate surface area is 102 Å². The third-order valence-corrected chi connectivity index (χ3v) is 2.36. The van der Waals surface area contributed by atoms with Crippen molar-refractivity contribution in [2.45, 2.75) is 6.92 Å². The van der Waals surface area contributed by atoms with Crippen LogP contribution in [0.25, 0.3) is 0 Å². The second-order valence-corrected chi connectivity index (χ2v) is 3.85. The fourth-order valence-corrected chi connectivity index (χ4v) is 1.57. The number of para-hydroxylation sites is 1. The lowest BCUT2D eigenvalue weighted by Gasteiger charge is -2.06. The summed E-state index contributed by atoms with van der Waals surface area (Å²) < 4.78 is 13.3. The molecule has 2 rings (SSSR count). The number of carbonyl (C=O) groups excluding carboxylic acids is 1. The van der Waals surface area contributed by atoms with Crippen LogP contribution >= 0.6 is 0 Å². The molecule has 0 bridgehead atoms. The summed E-state index contributed by atoms with van der Waals surface area (Å²) in [7, 11) is 0. The molecule has 2 N–H and O–H groups in total. The Morgan fingerprint density at radius 1 is 1.28 bits per heavy atom. The van der Waals surface area contributed by atoms with Gasteiger partial charge in [-0.3, -0.25) is 9.59 Å². The third-order valence-electron chi connectivity index (χ3n) is 2.36. The second kappa shape index (κ2) is 4.83. The fraction of sp³-hybridized carbons (Fsp3) is 0.0769. The van der Waals surface area contributed by atoms with Crippen molar-refractivity contribution in [1.82, 2.24) is 4.98 Å². The summed E-state index contributed by atoms with van der Waals surface area (Å²) in [5.41, 5.74) is 0.481. The van der Waals surface area contributed by atoms with Crippen LogP contribution in [0.2, 0.25) is 0 Å². The van der Waals surface area contributed by atoms with Gasteiger partial charge in [-0.15, -0.1) is 0 Å². The second-order valence-electron chi connectivity index (χ2n) is 3.85. The van der Waals surface area contributed by atoms with E-state index in [9.17, 15) is 14.0 Å². The molecule has 2 aromatic rings. The first-order chi connectivity index (χ1) is 8.56. The van der Waals surface area contributed by atoms with Gasteiger partial charge < -0.3 is 10.3 Å². The minimum Gasteiger partial charge on any atom is -0.326 e. The van der Waals surface area contributed by atoms with Gasteiger partial charge in [0.1, 0.15) is 5.82 Å². The third kappa shape index (κ3) is 2.63. The minimum absolute atomic E-state index is 0.0837. The van der Waals surface area contributed by atoms with E-state index in [0.29, 0.717) is 5.69 Å². The van der Waals surface area contributed by atoms with Crippen LogP contribution in [0.15, 0.2) is 41.2 Å². The lowest BCUT2D eigenvalue weighted by Crippen LogP contribution is -2.17. The van der Waals surface area contributed by atoms with Crippen LogP contribution in [0.4, 0.5) is 10.1 Å². The van der Waals surface area contributed by atoms with Crippen molar-refractivity contribution in [2.24, 2.45) is 0 Å². The van der Waals surface area contributed by atoms with E-state index in [1.165, 1.54) is 30.3 Å². The van der Waals surface area contributed by atoms with Crippen molar-refractivity contribution >= 4 is 11.6 Å². The number of benzene rings is 1. The summed E-state index contributed by atoms with van der Waals surface area (Å²) in [5.74, 6) is -1.04. The van der Waals surface area contributed by atoms with E-state index >= 15 is 0 Å². The number of halogens is 1. The molecule has 0 unspecified atom stereocenters. The zero-order chi connectivity index (χ0) is 13.1. The van der Waals surface area contributed by atoms with Crippen LogP contribution in [0, 0.1) is 12.7 Å². The number of H-pyrrole nitrogens is 1. The zero-order valence-electron chi connectivity index (χ0n) is 9.66. The number of hydrogen-bond donors (Lipinski definition) is 2. The SMILES string of the molecule is Cc1cc(C(=O)Nc2ccccc2F)cc(=O)[nH]1. The van der Waals surface area contributed by atoms with Gasteiger partial charge in [0, 0.05) is 17.3 Å². The molecule has 1 heterocycles. The summed E-state index contributed by atoms with van der Waals surface area (Å²) in [6.45, 7) is 1.67. The van der Waals surface area contributed by atoms with Gasteiger partial charge in [0.15, 0.2) is 0 Å². The molecule has 1 aromatic heterocycles. The fourth-order valence-electron chi connectivity index (χ4n) is 1.57. The predicted octanol–water partition coefficient (Wildman–Crippen LogP) is 2.07. The molecule has 0 aliphatic rings. The molecule has 0 saturated heterocycles. The molecule has 0 aliphatic carbocycles. The highest BCUT2D eigenvalue weighted by molar-refractivity contribution is 6.04. The Kier molecular flexibility index (Phi) is 3.23. The Bertz CT molecular complexity index is 649. The number of hydrogen-bond acceptors (Lipinski definition) is 2. The van der Waals surface area contributed by atoms with E-state index in [1.54, 1.807) is 13.0 Å². The Hall–Kier alpha value is -2.43. The molecule has 1 aromatic carbocycles. The number of rotatable bonds is 2. The number of nitrogens with one attached hydrogen (secondary N) is 2. The van der Waals surface area contributed by atoms with Gasteiger partial charge in [0.05, 0.1) is 5.69 Å². The lowest BCUT2D eigenvalue weighted by atomic mass is 10.2. The number of aromatic nitrogens is 1. The molecular formula is C13H11FN2O2. The van der Waals surface area contributed by atoms with E-state index in [0.717, 1.165) is 0 Å². The largest absolute Gasteiger partial charge is 0.326 e. The highest BCUT2D eigenvalue weighted by Crippen LogP contribution is 2.13. The van der Waals surface area contributed by atoms with Gasteiger partial charge in [-0.2, -0.15) is 0 Å². The molecule has 0 fully saturated rings. The van der Waals surface area contributed by atoms with E-state index in [-0.39, 0.29) is 16.8 Å². The summed E-state index contributed by atoms with van der Waals surface area (Å²) in [5, 5.41) is 2.41. The van der Waals surface area contributed by atoms with E-state index in [2.05, 4.69) is 10.3 Å². The number of pyridine rings is 1. The highest BCUT2D eigenvalue weighted by atomic mass is 19.1. The van der Waals surface area contributed by atoms with E-state index < -0.39 is 11.7 Å². The van der Waals surface area contributed by atoms with Crippen molar-refractivity contribution in [3.63, 3.8) is 0 Å². The highest BCUT2D eigenvalue weighted by Gasteiger charge is 2.09. The van der Waals surface area contributed by atoms with Gasteiger partial charge in [-0.05, 0) is 25.1 Å². The summed E-state index contributed by atoms with van der Waals surface area (Å²) >= 11 is 0. The molecule has 0 saturated carbocycles. The van der Waals surface area contributed by atoms with Crippen LogP contribution < -0.4 is 10.9 Å². The minimum atomic E-state index is -0.521. The average Bonchev–Trinajstić information content (AvgIpc) is 2.31. The first kappa shape index (κ1) is 12.0. The van der Waals surface area contributed by atoms with Crippen molar-refractivity contribution < 1.29 is 9.18 Å². The van der Waals surface area contributed by atoms with Gasteiger partial charge in [-0.25, -0.2) is 4.39 Å². The van der Waals surface area contributed by atoms with Gasteiger partial charge in [-0.1, -0.05) is 12.1 Å². The standard InChI is InChI=1S/C13H11FN2O2/c1-8-6-9(7-12(17)15-8)13(18)16-11-5-3-2-4-10(11)14/h2-7H,1H3,(H,15,17)(H,16,18). The molecule has 0 atom stereocenters. The Balaban J connectivity index is 2.28. The molecule has 4 nitrogen and oxygen atoms in total. The summed E-state index contributed by atoms with van der Waals surface area (Å²) in [6, 6.07) is 8.54. The monoisotopic (exact) mass is 246 g/mol. The smallest absolute Gasteiger partial charge is 0.256 e. The first-order valence-corrected chi connectivity index (χ1v) is 5.33. The van der Waals surface area contributed by atoms with E-state index in [1.807, 2.05) is 0 Å². The number of amides is 1. The van der Waals surface area contributed by atoms with Crippen LogP contribution in [0.3, 0.4) is 0 Å². The predicted molar refractivity (Wildman–Crippen MR) is 66.2 cm³/mol. The van der Waals surface area contributed by atoms with Crippen LogP contribution in [-0.2, 0) is 0 Å². The topological polar surface area (TPSA) is 62.0 Å². The number of carbonyl (C=O) groups is 1. The van der Waals surface area contributed by atoms with Gasteiger partial charge in [0.2, 0.25) is 5.56 Å². The molecule has 0 radical (unpaired) electrons. The normalized spacial score (nSPS) is 10.1. The first-order valence-electron chi connectivity index (χ1n) is 5.33. The zero-order valence-corrected chi connectivity index (χ0v) is 9.66. The Morgan fingerprint density at radius 2 is 2.00 bits per heavy atom. The number of aromatic amines is 1. The van der Waals surface area contributed by atoms with Crippen molar-refractivity contribution in [3.8, 4) is 0 Å². The Morgan fingerprint density at radius 3 is 2.67 bits per heavy atom. The van der Waals surface area contributed by atoms with Crippen LogP contribution in [0.1, 0.15) is 16.1 Å². The molecule has 1 amide bonds. The average molecular weight is 246 g/mol. The van der Waals surface area contributed by atoms with Crippen molar-refractivity contribution in [3.05, 3.63) is 63.8 Å². The van der Waals surface area contributed by atoms with Crippen molar-refractivity contribution in [1.29, 1.82) is 0 Å². The number of anilines is 1. The van der Waals surface area contributed by atoms with E-state index in [4.69, 9.17) is 0 Å². The van der Waals surface area contributed by atoms with Crippen LogP contribution in [0.5, 0.6) is 0 Å². The quantitative estimate of drug-likeness (QED) is 0.852. The van der Waals surface area contributed by atoms with Crippen molar-refractivity contribution in [2.75, 3.05) is 5.32 Å². The number of aryl methyl sites for hydroxylation is 1. The maximum atomic E-state index is 13.3. The summed E-state index contributed by atoms with van der Waals surface area (Å²) in [4.78, 5) is 25.6. The maximum absolute atomic E-state index is 13.3. The maximum Gasteiger partial charge on any atom is 0.256 e. The molecule has 0 aliphatic heterocycles. The lowest BCUT2D eigenvalue weighted by molar-refractivity contribution is 0.102. The molecular weight excluding hydrogens is 235 g/mol. The summed E-state index contributed by atoms with van der Waals surface area (Å²) in [6.07, 6.45) is 0. The molecule has 18 heavy (non-hydrogen) atoms. The van der Waals surface area contributed by atoms with Gasteiger partial charge >= 0.3 is 0 Å².